The van der Waals surface area contributed by atoms with Gasteiger partial charge in [-0.05, 0) is 50.3 Å². The fourth-order valence-corrected chi connectivity index (χ4v) is 3.35. The molecule has 1 fully saturated rings. The predicted molar refractivity (Wildman–Crippen MR) is 85.8 cm³/mol. The molecule has 1 amide bonds. The molecule has 1 aliphatic heterocycles. The van der Waals surface area contributed by atoms with E-state index in [9.17, 15) is 4.79 Å². The predicted octanol–water partition coefficient (Wildman–Crippen LogP) is 2.96. The van der Waals surface area contributed by atoms with Crippen LogP contribution in [-0.4, -0.2) is 34.9 Å². The molecule has 0 spiro atoms. The van der Waals surface area contributed by atoms with Gasteiger partial charge >= 0.3 is 0 Å². The van der Waals surface area contributed by atoms with Crippen molar-refractivity contribution in [1.82, 2.24) is 10.2 Å². The molecule has 3 atom stereocenters. The van der Waals surface area contributed by atoms with E-state index < -0.39 is 0 Å². The summed E-state index contributed by atoms with van der Waals surface area (Å²) in [6, 6.07) is 8.47. The Kier molecular flexibility index (Phi) is 5.11. The number of amides is 1. The van der Waals surface area contributed by atoms with Crippen LogP contribution in [0.2, 0.25) is 0 Å². The van der Waals surface area contributed by atoms with Crippen molar-refractivity contribution in [2.45, 2.75) is 45.4 Å². The van der Waals surface area contributed by atoms with Gasteiger partial charge in [0.25, 0.3) is 0 Å². The second-order valence-corrected chi connectivity index (χ2v) is 6.51. The zero-order chi connectivity index (χ0) is 14.7. The number of hydrogen-bond acceptors (Lipinski definition) is 3. The van der Waals surface area contributed by atoms with E-state index >= 15 is 0 Å². The van der Waals surface area contributed by atoms with Crippen LogP contribution in [0.15, 0.2) is 24.3 Å². The molecular weight excluding hydrogens is 268 g/mol. The minimum atomic E-state index is -0.101. The number of thioether (sulfide) groups is 1. The molecule has 0 aromatic heterocycles. The summed E-state index contributed by atoms with van der Waals surface area (Å²) in [4.78, 5) is 14.5. The van der Waals surface area contributed by atoms with Crippen LogP contribution in [0.25, 0.3) is 0 Å². The number of benzene rings is 1. The van der Waals surface area contributed by atoms with Crippen LogP contribution in [0.5, 0.6) is 0 Å². The van der Waals surface area contributed by atoms with Gasteiger partial charge in [0.1, 0.15) is 6.17 Å². The van der Waals surface area contributed by atoms with E-state index in [1.165, 1.54) is 11.1 Å². The third-order valence-electron chi connectivity index (χ3n) is 4.01. The average molecular weight is 292 g/mol. The maximum atomic E-state index is 12.5. The Morgan fingerprint density at radius 2 is 2.10 bits per heavy atom. The zero-order valence-electron chi connectivity index (χ0n) is 12.7. The van der Waals surface area contributed by atoms with E-state index in [-0.39, 0.29) is 24.2 Å². The molecule has 1 heterocycles. The first kappa shape index (κ1) is 15.4. The van der Waals surface area contributed by atoms with E-state index in [2.05, 4.69) is 37.6 Å². The highest BCUT2D eigenvalue weighted by Gasteiger charge is 2.39. The molecule has 1 aromatic carbocycles. The Hall–Kier alpha value is -1.00. The first-order chi connectivity index (χ1) is 9.56. The van der Waals surface area contributed by atoms with Gasteiger partial charge in [-0.25, -0.2) is 0 Å². The Balaban J connectivity index is 2.26. The van der Waals surface area contributed by atoms with E-state index in [4.69, 9.17) is 0 Å². The molecule has 2 rings (SSSR count). The van der Waals surface area contributed by atoms with Crippen molar-refractivity contribution in [2.75, 3.05) is 12.0 Å². The van der Waals surface area contributed by atoms with Crippen LogP contribution in [0, 0.1) is 6.92 Å². The van der Waals surface area contributed by atoms with Crippen molar-refractivity contribution in [1.29, 1.82) is 0 Å². The van der Waals surface area contributed by atoms with Crippen LogP contribution in [0.1, 0.15) is 37.6 Å². The summed E-state index contributed by atoms with van der Waals surface area (Å²) in [6.45, 7) is 6.21. The molecule has 0 saturated carbocycles. The van der Waals surface area contributed by atoms with Crippen LogP contribution < -0.4 is 5.32 Å². The number of rotatable bonds is 5. The van der Waals surface area contributed by atoms with Gasteiger partial charge in [-0.2, -0.15) is 11.8 Å². The third kappa shape index (κ3) is 3.01. The Morgan fingerprint density at radius 3 is 2.75 bits per heavy atom. The molecular formula is C16H24N2OS. The monoisotopic (exact) mass is 292 g/mol. The number of aryl methyl sites for hydroxylation is 1. The maximum Gasteiger partial charge on any atom is 0.241 e. The molecule has 0 aliphatic carbocycles. The van der Waals surface area contributed by atoms with E-state index in [0.717, 1.165) is 12.2 Å². The summed E-state index contributed by atoms with van der Waals surface area (Å²) < 4.78 is 0. The first-order valence-corrected chi connectivity index (χ1v) is 8.58. The Bertz CT molecular complexity index is 477. The second-order valence-electron chi connectivity index (χ2n) is 5.52. The van der Waals surface area contributed by atoms with Crippen molar-refractivity contribution in [2.24, 2.45) is 0 Å². The lowest BCUT2D eigenvalue weighted by Gasteiger charge is -2.31. The summed E-state index contributed by atoms with van der Waals surface area (Å²) in [7, 11) is 0. The van der Waals surface area contributed by atoms with Crippen molar-refractivity contribution >= 4 is 17.7 Å². The number of hydrogen-bond donors (Lipinski definition) is 1. The summed E-state index contributed by atoms with van der Waals surface area (Å²) >= 11 is 1.83. The summed E-state index contributed by atoms with van der Waals surface area (Å²) in [6.07, 6.45) is 3.15. The highest BCUT2D eigenvalue weighted by Crippen LogP contribution is 2.30. The largest absolute Gasteiger partial charge is 0.319 e. The summed E-state index contributed by atoms with van der Waals surface area (Å²) in [5.74, 6) is 1.30. The van der Waals surface area contributed by atoms with Gasteiger partial charge in [0.15, 0.2) is 0 Å². The van der Waals surface area contributed by atoms with E-state index in [1.54, 1.807) is 0 Å². The van der Waals surface area contributed by atoms with Crippen molar-refractivity contribution < 1.29 is 4.79 Å². The smallest absolute Gasteiger partial charge is 0.241 e. The standard InChI is InChI=1S/C16H24N2OS/c1-11-7-5-6-8-14(11)15-17-13(3)16(19)18(15)12(2)9-10-20-4/h5-8,12-13,15,17H,9-10H2,1-4H3. The molecule has 0 radical (unpaired) electrons. The average Bonchev–Trinajstić information content (AvgIpc) is 2.73. The van der Waals surface area contributed by atoms with Crippen molar-refractivity contribution in [3.05, 3.63) is 35.4 Å². The second kappa shape index (κ2) is 6.64. The van der Waals surface area contributed by atoms with Crippen LogP contribution >= 0.6 is 11.8 Å². The minimum absolute atomic E-state index is 0.00977. The topological polar surface area (TPSA) is 32.3 Å². The van der Waals surface area contributed by atoms with E-state index in [1.807, 2.05) is 35.7 Å². The SMILES string of the molecule is CSCCC(C)N1C(=O)C(C)NC1c1ccccc1C. The van der Waals surface area contributed by atoms with Gasteiger partial charge in [0, 0.05) is 6.04 Å². The fourth-order valence-electron chi connectivity index (χ4n) is 2.77. The van der Waals surface area contributed by atoms with Gasteiger partial charge in [0.2, 0.25) is 5.91 Å². The number of nitrogens with zero attached hydrogens (tertiary/aromatic N) is 1. The van der Waals surface area contributed by atoms with E-state index in [0.29, 0.717) is 0 Å². The zero-order valence-corrected chi connectivity index (χ0v) is 13.5. The third-order valence-corrected chi connectivity index (χ3v) is 4.65. The van der Waals surface area contributed by atoms with Crippen LogP contribution in [0.4, 0.5) is 0 Å². The van der Waals surface area contributed by atoms with Crippen molar-refractivity contribution in [3.8, 4) is 0 Å². The van der Waals surface area contributed by atoms with Crippen LogP contribution in [0.3, 0.4) is 0 Å². The van der Waals surface area contributed by atoms with Crippen molar-refractivity contribution in [3.63, 3.8) is 0 Å². The minimum Gasteiger partial charge on any atom is -0.319 e. The quantitative estimate of drug-likeness (QED) is 0.905. The van der Waals surface area contributed by atoms with Gasteiger partial charge in [-0.3, -0.25) is 10.1 Å². The van der Waals surface area contributed by atoms with Crippen LogP contribution in [-0.2, 0) is 4.79 Å². The van der Waals surface area contributed by atoms with Gasteiger partial charge < -0.3 is 4.90 Å². The molecule has 0 bridgehead atoms. The fraction of sp³-hybridized carbons (Fsp3) is 0.562. The maximum absolute atomic E-state index is 12.5. The normalized spacial score (nSPS) is 24.2. The lowest BCUT2D eigenvalue weighted by molar-refractivity contribution is -0.131. The van der Waals surface area contributed by atoms with Gasteiger partial charge in [-0.1, -0.05) is 24.3 Å². The molecule has 1 aliphatic rings. The Labute approximate surface area is 126 Å². The van der Waals surface area contributed by atoms with Gasteiger partial charge in [-0.15, -0.1) is 0 Å². The lowest BCUT2D eigenvalue weighted by Crippen LogP contribution is -2.38. The summed E-state index contributed by atoms with van der Waals surface area (Å²) in [5.41, 5.74) is 2.44. The lowest BCUT2D eigenvalue weighted by atomic mass is 10.0. The molecule has 1 saturated heterocycles. The first-order valence-electron chi connectivity index (χ1n) is 7.19. The molecule has 3 unspecified atom stereocenters. The molecule has 4 heteroatoms. The Morgan fingerprint density at radius 1 is 1.40 bits per heavy atom. The number of carbonyl (C=O) groups excluding carboxylic acids is 1. The summed E-state index contributed by atoms with van der Waals surface area (Å²) in [5, 5.41) is 3.44. The number of carbonyl (C=O) groups is 1. The highest BCUT2D eigenvalue weighted by molar-refractivity contribution is 7.98. The van der Waals surface area contributed by atoms with Gasteiger partial charge in [0.05, 0.1) is 6.04 Å². The molecule has 1 aromatic rings. The molecule has 1 N–H and O–H groups in total. The molecule has 3 nitrogen and oxygen atoms in total. The highest BCUT2D eigenvalue weighted by atomic mass is 32.2. The number of nitrogens with one attached hydrogen (secondary N) is 1. The molecule has 110 valence electrons. The molecule has 20 heavy (non-hydrogen) atoms.